The van der Waals surface area contributed by atoms with Gasteiger partial charge < -0.3 is 10.0 Å². The smallest absolute Gasteiger partial charge is 0.305 e. The van der Waals surface area contributed by atoms with Crippen molar-refractivity contribution < 1.29 is 27.9 Å². The Labute approximate surface area is 161 Å². The summed E-state index contributed by atoms with van der Waals surface area (Å²) in [6.07, 6.45) is 1.13. The summed E-state index contributed by atoms with van der Waals surface area (Å²) in [6, 6.07) is 9.60. The van der Waals surface area contributed by atoms with Crippen molar-refractivity contribution in [1.82, 2.24) is 4.90 Å². The van der Waals surface area contributed by atoms with Crippen LogP contribution in [0.2, 0.25) is 0 Å². The molecule has 0 radical (unpaired) electrons. The zero-order valence-corrected chi connectivity index (χ0v) is 15.6. The van der Waals surface area contributed by atoms with E-state index >= 15 is 0 Å². The summed E-state index contributed by atoms with van der Waals surface area (Å²) < 4.78 is 26.0. The van der Waals surface area contributed by atoms with E-state index in [4.69, 9.17) is 5.11 Å². The molecule has 1 unspecified atom stereocenters. The Bertz CT molecular complexity index is 1120. The third-order valence-corrected chi connectivity index (χ3v) is 7.08. The molecule has 0 aliphatic carbocycles. The van der Waals surface area contributed by atoms with E-state index in [1.54, 1.807) is 12.1 Å². The SMILES string of the molecule is O=C(O)CC1CCCN1C(=O)c1ccc2c(c1)S(=O)(=O)c1ccccc1C2=O. The Kier molecular flexibility index (Phi) is 4.30. The minimum Gasteiger partial charge on any atom is -0.481 e. The molecule has 1 N–H and O–H groups in total. The molecule has 144 valence electrons. The lowest BCUT2D eigenvalue weighted by Gasteiger charge is -2.24. The number of carbonyl (C=O) groups is 3. The zero-order valence-electron chi connectivity index (χ0n) is 14.8. The van der Waals surface area contributed by atoms with Crippen LogP contribution in [0.3, 0.4) is 0 Å². The summed E-state index contributed by atoms with van der Waals surface area (Å²) >= 11 is 0. The summed E-state index contributed by atoms with van der Waals surface area (Å²) in [5.74, 6) is -1.81. The second kappa shape index (κ2) is 6.56. The number of benzene rings is 2. The molecule has 2 heterocycles. The number of ketones is 1. The van der Waals surface area contributed by atoms with Crippen molar-refractivity contribution in [2.45, 2.75) is 35.1 Å². The molecule has 0 aromatic heterocycles. The normalized spacial score (nSPS) is 19.8. The number of sulfone groups is 1. The molecule has 1 fully saturated rings. The third-order valence-electron chi connectivity index (χ3n) is 5.23. The van der Waals surface area contributed by atoms with Gasteiger partial charge in [-0.1, -0.05) is 12.1 Å². The maximum absolute atomic E-state index is 13.0. The maximum Gasteiger partial charge on any atom is 0.305 e. The highest BCUT2D eigenvalue weighted by atomic mass is 32.2. The van der Waals surface area contributed by atoms with Gasteiger partial charge in [-0.2, -0.15) is 0 Å². The van der Waals surface area contributed by atoms with Gasteiger partial charge in [-0.25, -0.2) is 8.42 Å². The van der Waals surface area contributed by atoms with E-state index in [-0.39, 0.29) is 32.9 Å². The fraction of sp³-hybridized carbons (Fsp3) is 0.250. The van der Waals surface area contributed by atoms with Gasteiger partial charge in [0.05, 0.1) is 16.2 Å². The lowest BCUT2D eigenvalue weighted by Crippen LogP contribution is -2.37. The van der Waals surface area contributed by atoms with E-state index in [9.17, 15) is 22.8 Å². The average molecular weight is 399 g/mol. The number of fused-ring (bicyclic) bond motifs is 2. The molecule has 8 heteroatoms. The molecular weight excluding hydrogens is 382 g/mol. The van der Waals surface area contributed by atoms with Gasteiger partial charge in [-0.15, -0.1) is 0 Å². The largest absolute Gasteiger partial charge is 0.481 e. The van der Waals surface area contributed by atoms with Crippen LogP contribution in [-0.2, 0) is 14.6 Å². The molecule has 2 aliphatic rings. The van der Waals surface area contributed by atoms with Gasteiger partial charge >= 0.3 is 5.97 Å². The molecule has 4 rings (SSSR count). The number of carbonyl (C=O) groups excluding carboxylic acids is 2. The van der Waals surface area contributed by atoms with Crippen molar-refractivity contribution in [2.75, 3.05) is 6.54 Å². The number of carboxylic acids is 1. The third kappa shape index (κ3) is 2.80. The number of likely N-dealkylation sites (tertiary alicyclic amines) is 1. The van der Waals surface area contributed by atoms with Crippen molar-refractivity contribution in [1.29, 1.82) is 0 Å². The molecule has 1 atom stereocenters. The predicted octanol–water partition coefficient (Wildman–Crippen LogP) is 2.14. The van der Waals surface area contributed by atoms with E-state index in [0.717, 1.165) is 0 Å². The van der Waals surface area contributed by atoms with Gasteiger partial charge in [-0.3, -0.25) is 14.4 Å². The molecule has 1 saturated heterocycles. The molecule has 7 nitrogen and oxygen atoms in total. The minimum atomic E-state index is -3.93. The first kappa shape index (κ1) is 18.4. The summed E-state index contributed by atoms with van der Waals surface area (Å²) in [7, 11) is -3.93. The summed E-state index contributed by atoms with van der Waals surface area (Å²) in [4.78, 5) is 37.9. The van der Waals surface area contributed by atoms with Crippen LogP contribution >= 0.6 is 0 Å². The Morgan fingerprint density at radius 3 is 2.54 bits per heavy atom. The van der Waals surface area contributed by atoms with Crippen LogP contribution < -0.4 is 0 Å². The van der Waals surface area contributed by atoms with Gasteiger partial charge in [0.25, 0.3) is 5.91 Å². The van der Waals surface area contributed by atoms with Gasteiger partial charge in [-0.05, 0) is 43.2 Å². The quantitative estimate of drug-likeness (QED) is 0.723. The fourth-order valence-electron chi connectivity index (χ4n) is 3.90. The molecule has 2 aromatic rings. The van der Waals surface area contributed by atoms with Crippen LogP contribution in [0, 0.1) is 0 Å². The zero-order chi connectivity index (χ0) is 20.1. The van der Waals surface area contributed by atoms with Crippen LogP contribution in [0.5, 0.6) is 0 Å². The second-order valence-corrected chi connectivity index (χ2v) is 8.82. The minimum absolute atomic E-state index is 0.0405. The molecule has 0 saturated carbocycles. The molecule has 2 aromatic carbocycles. The lowest BCUT2D eigenvalue weighted by molar-refractivity contribution is -0.137. The van der Waals surface area contributed by atoms with Crippen LogP contribution in [-0.4, -0.2) is 48.7 Å². The molecular formula is C20H17NO6S. The van der Waals surface area contributed by atoms with Gasteiger partial charge in [0.15, 0.2) is 5.78 Å². The van der Waals surface area contributed by atoms with E-state index in [0.29, 0.717) is 19.4 Å². The first-order chi connectivity index (χ1) is 13.3. The maximum atomic E-state index is 13.0. The Morgan fingerprint density at radius 2 is 1.79 bits per heavy atom. The predicted molar refractivity (Wildman–Crippen MR) is 98.1 cm³/mol. The van der Waals surface area contributed by atoms with Gasteiger partial charge in [0, 0.05) is 29.3 Å². The Balaban J connectivity index is 1.75. The molecule has 0 spiro atoms. The number of hydrogen-bond acceptors (Lipinski definition) is 5. The lowest BCUT2D eigenvalue weighted by atomic mass is 10.0. The van der Waals surface area contributed by atoms with Gasteiger partial charge in [0.1, 0.15) is 0 Å². The van der Waals surface area contributed by atoms with Crippen molar-refractivity contribution >= 4 is 27.5 Å². The monoisotopic (exact) mass is 399 g/mol. The van der Waals surface area contributed by atoms with Crippen molar-refractivity contribution in [2.24, 2.45) is 0 Å². The fourth-order valence-corrected chi connectivity index (χ4v) is 5.58. The standard InChI is InChI=1S/C20H17NO6S/c22-18(23)11-13-4-3-9-21(13)20(25)12-7-8-15-17(10-12)28(26,27)16-6-2-1-5-14(16)19(15)24/h1-2,5-8,10,13H,3-4,9,11H2,(H,22,23). The Morgan fingerprint density at radius 1 is 1.07 bits per heavy atom. The topological polar surface area (TPSA) is 109 Å². The summed E-state index contributed by atoms with van der Waals surface area (Å²) in [5, 5.41) is 9.04. The van der Waals surface area contributed by atoms with Crippen LogP contribution in [0.25, 0.3) is 0 Å². The van der Waals surface area contributed by atoms with Gasteiger partial charge in [0.2, 0.25) is 9.84 Å². The van der Waals surface area contributed by atoms with Crippen molar-refractivity contribution in [3.8, 4) is 0 Å². The number of carboxylic acid groups (broad SMARTS) is 1. The highest BCUT2D eigenvalue weighted by molar-refractivity contribution is 7.91. The van der Waals surface area contributed by atoms with Crippen molar-refractivity contribution in [3.63, 3.8) is 0 Å². The highest BCUT2D eigenvalue weighted by Gasteiger charge is 2.36. The van der Waals surface area contributed by atoms with Crippen molar-refractivity contribution in [3.05, 3.63) is 59.2 Å². The molecule has 2 aliphatic heterocycles. The number of rotatable bonds is 3. The number of aliphatic carboxylic acids is 1. The molecule has 1 amide bonds. The molecule has 0 bridgehead atoms. The first-order valence-corrected chi connectivity index (χ1v) is 10.3. The number of amides is 1. The van der Waals surface area contributed by atoms with Crippen LogP contribution in [0.4, 0.5) is 0 Å². The summed E-state index contributed by atoms with van der Waals surface area (Å²) in [6.45, 7) is 0.419. The van der Waals surface area contributed by atoms with E-state index < -0.39 is 33.5 Å². The van der Waals surface area contributed by atoms with E-state index in [2.05, 4.69) is 0 Å². The van der Waals surface area contributed by atoms with E-state index in [1.165, 1.54) is 35.2 Å². The molecule has 28 heavy (non-hydrogen) atoms. The second-order valence-electron chi connectivity index (χ2n) is 6.93. The highest BCUT2D eigenvalue weighted by Crippen LogP contribution is 2.35. The van der Waals surface area contributed by atoms with Crippen LogP contribution in [0.15, 0.2) is 52.3 Å². The summed E-state index contributed by atoms with van der Waals surface area (Å²) in [5.41, 5.74) is 0.292. The number of nitrogens with zero attached hydrogens (tertiary/aromatic N) is 1. The number of hydrogen-bond donors (Lipinski definition) is 1. The van der Waals surface area contributed by atoms with Crippen LogP contribution in [0.1, 0.15) is 45.5 Å². The van der Waals surface area contributed by atoms with E-state index in [1.807, 2.05) is 0 Å². The average Bonchev–Trinajstić information content (AvgIpc) is 3.13. The Hall–Kier alpha value is -3.00. The first-order valence-electron chi connectivity index (χ1n) is 8.86.